The molecule has 0 saturated heterocycles. The third-order valence-corrected chi connectivity index (χ3v) is 2.86. The zero-order chi connectivity index (χ0) is 12.6. The second kappa shape index (κ2) is 7.24. The first kappa shape index (κ1) is 13.2. The van der Waals surface area contributed by atoms with Crippen LogP contribution in [0.15, 0.2) is 18.2 Å². The molecule has 0 aromatic heterocycles. The van der Waals surface area contributed by atoms with E-state index >= 15 is 0 Å². The lowest BCUT2D eigenvalue weighted by atomic mass is 10.2. The van der Waals surface area contributed by atoms with E-state index in [9.17, 15) is 0 Å². The zero-order valence-electron chi connectivity index (χ0n) is 10.9. The van der Waals surface area contributed by atoms with E-state index in [4.69, 9.17) is 14.2 Å². The number of ether oxygens (including phenoxy) is 3. The Hall–Kier alpha value is -1.26. The summed E-state index contributed by atoms with van der Waals surface area (Å²) in [7, 11) is 0. The van der Waals surface area contributed by atoms with Crippen molar-refractivity contribution in [3.8, 4) is 11.5 Å². The second-order valence-corrected chi connectivity index (χ2v) is 4.29. The Labute approximate surface area is 108 Å². The highest BCUT2D eigenvalue weighted by molar-refractivity contribution is 5.48. The molecule has 100 valence electrons. The molecule has 0 unspecified atom stereocenters. The molecule has 0 bridgehead atoms. The number of unbranched alkanes of at least 4 members (excludes halogenated alkanes) is 1. The van der Waals surface area contributed by atoms with Crippen LogP contribution in [-0.2, 0) is 11.3 Å². The highest BCUT2D eigenvalue weighted by Gasteiger charge is 2.16. The summed E-state index contributed by atoms with van der Waals surface area (Å²) < 4.78 is 16.3. The molecule has 0 spiro atoms. The van der Waals surface area contributed by atoms with Gasteiger partial charge in [-0.3, -0.25) is 0 Å². The van der Waals surface area contributed by atoms with Crippen molar-refractivity contribution in [3.63, 3.8) is 0 Å². The van der Waals surface area contributed by atoms with Gasteiger partial charge in [0, 0.05) is 25.3 Å². The predicted molar refractivity (Wildman–Crippen MR) is 70.0 cm³/mol. The Bertz CT molecular complexity index is 368. The van der Waals surface area contributed by atoms with Crippen LogP contribution in [0.3, 0.4) is 0 Å². The number of hydrogen-bond donors (Lipinski definition) is 1. The minimum Gasteiger partial charge on any atom is -0.454 e. The number of fused-ring (bicyclic) bond motifs is 1. The van der Waals surface area contributed by atoms with Crippen molar-refractivity contribution in [3.05, 3.63) is 23.8 Å². The standard InChI is InChI=1S/C14H21NO3/c1-2-3-8-16-9-7-15-10-12-5-4-6-13-14(12)18-11-17-13/h4-6,15H,2-3,7-11H2,1H3. The van der Waals surface area contributed by atoms with Crippen LogP contribution < -0.4 is 14.8 Å². The summed E-state index contributed by atoms with van der Waals surface area (Å²) in [5, 5.41) is 3.35. The van der Waals surface area contributed by atoms with Crippen molar-refractivity contribution in [2.24, 2.45) is 0 Å². The van der Waals surface area contributed by atoms with Gasteiger partial charge in [0.1, 0.15) is 0 Å². The summed E-state index contributed by atoms with van der Waals surface area (Å²) in [6, 6.07) is 5.97. The Morgan fingerprint density at radius 3 is 3.11 bits per heavy atom. The van der Waals surface area contributed by atoms with Crippen molar-refractivity contribution >= 4 is 0 Å². The maximum absolute atomic E-state index is 5.49. The molecule has 0 saturated carbocycles. The van der Waals surface area contributed by atoms with Gasteiger partial charge in [-0.25, -0.2) is 0 Å². The lowest BCUT2D eigenvalue weighted by molar-refractivity contribution is 0.132. The van der Waals surface area contributed by atoms with Gasteiger partial charge in [0.25, 0.3) is 0 Å². The van der Waals surface area contributed by atoms with E-state index in [0.717, 1.165) is 49.8 Å². The second-order valence-electron chi connectivity index (χ2n) is 4.29. The van der Waals surface area contributed by atoms with Crippen molar-refractivity contribution in [2.75, 3.05) is 26.6 Å². The molecule has 1 aliphatic rings. The Morgan fingerprint density at radius 2 is 2.22 bits per heavy atom. The van der Waals surface area contributed by atoms with E-state index in [2.05, 4.69) is 18.3 Å². The van der Waals surface area contributed by atoms with Gasteiger partial charge in [0.2, 0.25) is 6.79 Å². The molecule has 1 aromatic carbocycles. The predicted octanol–water partition coefficient (Wildman–Crippen LogP) is 2.32. The normalized spacial score (nSPS) is 12.9. The van der Waals surface area contributed by atoms with E-state index in [1.807, 2.05) is 12.1 Å². The Kier molecular flexibility index (Phi) is 5.30. The van der Waals surface area contributed by atoms with Crippen LogP contribution in [0.1, 0.15) is 25.3 Å². The van der Waals surface area contributed by atoms with E-state index < -0.39 is 0 Å². The quantitative estimate of drug-likeness (QED) is 0.720. The monoisotopic (exact) mass is 251 g/mol. The van der Waals surface area contributed by atoms with Gasteiger partial charge in [-0.1, -0.05) is 25.5 Å². The first-order chi connectivity index (χ1) is 8.92. The largest absolute Gasteiger partial charge is 0.454 e. The Morgan fingerprint density at radius 1 is 1.28 bits per heavy atom. The van der Waals surface area contributed by atoms with Gasteiger partial charge in [-0.05, 0) is 12.5 Å². The molecular weight excluding hydrogens is 230 g/mol. The average molecular weight is 251 g/mol. The van der Waals surface area contributed by atoms with Crippen molar-refractivity contribution < 1.29 is 14.2 Å². The van der Waals surface area contributed by atoms with Gasteiger partial charge in [-0.15, -0.1) is 0 Å². The molecule has 1 aliphatic heterocycles. The summed E-state index contributed by atoms with van der Waals surface area (Å²) >= 11 is 0. The molecule has 4 nitrogen and oxygen atoms in total. The number of benzene rings is 1. The average Bonchev–Trinajstić information content (AvgIpc) is 2.86. The fourth-order valence-electron chi connectivity index (χ4n) is 1.85. The van der Waals surface area contributed by atoms with Crippen molar-refractivity contribution in [2.45, 2.75) is 26.3 Å². The van der Waals surface area contributed by atoms with Gasteiger partial charge in [0.15, 0.2) is 11.5 Å². The maximum Gasteiger partial charge on any atom is 0.231 e. The van der Waals surface area contributed by atoms with Crippen molar-refractivity contribution in [1.82, 2.24) is 5.32 Å². The summed E-state index contributed by atoms with van der Waals surface area (Å²) in [4.78, 5) is 0. The molecule has 18 heavy (non-hydrogen) atoms. The number of para-hydroxylation sites is 1. The summed E-state index contributed by atoms with van der Waals surface area (Å²) in [5.41, 5.74) is 1.14. The lowest BCUT2D eigenvalue weighted by Gasteiger charge is -2.08. The van der Waals surface area contributed by atoms with E-state index in [0.29, 0.717) is 6.79 Å². The third-order valence-electron chi connectivity index (χ3n) is 2.86. The fraction of sp³-hybridized carbons (Fsp3) is 0.571. The van der Waals surface area contributed by atoms with Crippen LogP contribution >= 0.6 is 0 Å². The fourth-order valence-corrected chi connectivity index (χ4v) is 1.85. The minimum atomic E-state index is 0.326. The van der Waals surface area contributed by atoms with Crippen molar-refractivity contribution in [1.29, 1.82) is 0 Å². The molecule has 0 amide bonds. The first-order valence-electron chi connectivity index (χ1n) is 6.57. The topological polar surface area (TPSA) is 39.7 Å². The molecular formula is C14H21NO3. The Balaban J connectivity index is 1.66. The maximum atomic E-state index is 5.49. The lowest BCUT2D eigenvalue weighted by Crippen LogP contribution is -2.19. The van der Waals surface area contributed by atoms with Crippen LogP contribution in [0.4, 0.5) is 0 Å². The van der Waals surface area contributed by atoms with E-state index in [-0.39, 0.29) is 0 Å². The molecule has 0 radical (unpaired) electrons. The van der Waals surface area contributed by atoms with Gasteiger partial charge < -0.3 is 19.5 Å². The number of rotatable bonds is 8. The summed E-state index contributed by atoms with van der Waals surface area (Å²) in [5.74, 6) is 1.71. The van der Waals surface area contributed by atoms with Gasteiger partial charge >= 0.3 is 0 Å². The highest BCUT2D eigenvalue weighted by Crippen LogP contribution is 2.35. The van der Waals surface area contributed by atoms with Gasteiger partial charge in [-0.2, -0.15) is 0 Å². The molecule has 1 N–H and O–H groups in total. The molecule has 1 aromatic rings. The van der Waals surface area contributed by atoms with Crippen LogP contribution in [0.2, 0.25) is 0 Å². The third kappa shape index (κ3) is 3.62. The van der Waals surface area contributed by atoms with E-state index in [1.54, 1.807) is 0 Å². The molecule has 0 atom stereocenters. The molecule has 1 heterocycles. The number of nitrogens with one attached hydrogen (secondary N) is 1. The zero-order valence-corrected chi connectivity index (χ0v) is 10.9. The van der Waals surface area contributed by atoms with Crippen LogP contribution in [-0.4, -0.2) is 26.6 Å². The molecule has 2 rings (SSSR count). The molecule has 0 aliphatic carbocycles. The molecule has 4 heteroatoms. The summed E-state index contributed by atoms with van der Waals surface area (Å²) in [6.45, 7) is 5.74. The van der Waals surface area contributed by atoms with Crippen LogP contribution in [0.5, 0.6) is 11.5 Å². The smallest absolute Gasteiger partial charge is 0.231 e. The minimum absolute atomic E-state index is 0.326. The van der Waals surface area contributed by atoms with Crippen LogP contribution in [0, 0.1) is 0 Å². The first-order valence-corrected chi connectivity index (χ1v) is 6.57. The summed E-state index contributed by atoms with van der Waals surface area (Å²) in [6.07, 6.45) is 2.32. The van der Waals surface area contributed by atoms with Gasteiger partial charge in [0.05, 0.1) is 6.61 Å². The highest BCUT2D eigenvalue weighted by atomic mass is 16.7. The van der Waals surface area contributed by atoms with Crippen LogP contribution in [0.25, 0.3) is 0 Å². The SMILES string of the molecule is CCCCOCCNCc1cccc2c1OCO2. The number of hydrogen-bond acceptors (Lipinski definition) is 4. The van der Waals surface area contributed by atoms with E-state index in [1.165, 1.54) is 6.42 Å². The molecule has 0 fully saturated rings.